The standard InChI is InChI=1S/C23H27N3O5S/c1-5-26(6-2)32(29,30)18-14-21(25(4)15-18)23(28)31-16(3)22(27)24-20-13-9-11-17-10-7-8-12-19(17)20/h7-16H,5-6H2,1-4H3,(H,24,27). The Balaban J connectivity index is 1.74. The van der Waals surface area contributed by atoms with Crippen LogP contribution in [0.25, 0.3) is 10.8 Å². The van der Waals surface area contributed by atoms with Crippen molar-refractivity contribution in [3.05, 3.63) is 60.4 Å². The van der Waals surface area contributed by atoms with Gasteiger partial charge in [-0.15, -0.1) is 0 Å². The topological polar surface area (TPSA) is 97.7 Å². The van der Waals surface area contributed by atoms with E-state index in [-0.39, 0.29) is 10.6 Å². The highest BCUT2D eigenvalue weighted by Gasteiger charge is 2.27. The molecule has 0 saturated heterocycles. The first-order valence-corrected chi connectivity index (χ1v) is 11.8. The molecule has 170 valence electrons. The predicted molar refractivity (Wildman–Crippen MR) is 123 cm³/mol. The van der Waals surface area contributed by atoms with Crippen molar-refractivity contribution >= 4 is 38.4 Å². The van der Waals surface area contributed by atoms with Gasteiger partial charge in [-0.05, 0) is 24.4 Å². The summed E-state index contributed by atoms with van der Waals surface area (Å²) in [4.78, 5) is 25.3. The zero-order chi connectivity index (χ0) is 23.5. The average molecular weight is 458 g/mol. The third-order valence-electron chi connectivity index (χ3n) is 5.23. The first kappa shape index (κ1) is 23.5. The summed E-state index contributed by atoms with van der Waals surface area (Å²) >= 11 is 0. The smallest absolute Gasteiger partial charge is 0.355 e. The largest absolute Gasteiger partial charge is 0.448 e. The molecule has 0 aliphatic rings. The predicted octanol–water partition coefficient (Wildman–Crippen LogP) is 3.39. The number of fused-ring (bicyclic) bond motifs is 1. The number of benzene rings is 2. The van der Waals surface area contributed by atoms with Gasteiger partial charge in [-0.2, -0.15) is 4.31 Å². The van der Waals surface area contributed by atoms with E-state index < -0.39 is 28.0 Å². The first-order chi connectivity index (χ1) is 15.2. The van der Waals surface area contributed by atoms with Gasteiger partial charge in [0, 0.05) is 37.4 Å². The van der Waals surface area contributed by atoms with Crippen LogP contribution in [0.1, 0.15) is 31.3 Å². The molecule has 0 fully saturated rings. The Labute approximate surface area is 187 Å². The lowest BCUT2D eigenvalue weighted by molar-refractivity contribution is -0.123. The Bertz CT molecular complexity index is 1240. The van der Waals surface area contributed by atoms with Crippen LogP contribution in [0.5, 0.6) is 0 Å². The van der Waals surface area contributed by atoms with Crippen molar-refractivity contribution in [3.8, 4) is 0 Å². The minimum absolute atomic E-state index is 0.00325. The van der Waals surface area contributed by atoms with Gasteiger partial charge in [0.05, 0.1) is 0 Å². The Hall–Kier alpha value is -3.17. The number of hydrogen-bond acceptors (Lipinski definition) is 5. The number of carbonyl (C=O) groups is 2. The van der Waals surface area contributed by atoms with Crippen LogP contribution in [0.2, 0.25) is 0 Å². The monoisotopic (exact) mass is 457 g/mol. The zero-order valence-corrected chi connectivity index (χ0v) is 19.3. The summed E-state index contributed by atoms with van der Waals surface area (Å²) in [6.45, 7) is 5.59. The Morgan fingerprint density at radius 1 is 1.09 bits per heavy atom. The van der Waals surface area contributed by atoms with E-state index in [9.17, 15) is 18.0 Å². The van der Waals surface area contributed by atoms with E-state index in [1.54, 1.807) is 27.0 Å². The summed E-state index contributed by atoms with van der Waals surface area (Å²) in [5.41, 5.74) is 0.656. The van der Waals surface area contributed by atoms with Crippen LogP contribution in [-0.4, -0.2) is 48.4 Å². The summed E-state index contributed by atoms with van der Waals surface area (Å²) in [6, 6.07) is 14.4. The third kappa shape index (κ3) is 4.68. The molecule has 8 nitrogen and oxygen atoms in total. The van der Waals surface area contributed by atoms with E-state index in [4.69, 9.17) is 4.74 Å². The molecule has 0 aliphatic carbocycles. The molecule has 0 saturated carbocycles. The van der Waals surface area contributed by atoms with Gasteiger partial charge in [-0.1, -0.05) is 50.2 Å². The van der Waals surface area contributed by atoms with E-state index >= 15 is 0 Å². The molecule has 1 heterocycles. The van der Waals surface area contributed by atoms with Crippen molar-refractivity contribution < 1.29 is 22.7 Å². The maximum Gasteiger partial charge on any atom is 0.355 e. The van der Waals surface area contributed by atoms with Crippen molar-refractivity contribution in [2.45, 2.75) is 31.8 Å². The van der Waals surface area contributed by atoms with Crippen LogP contribution < -0.4 is 5.32 Å². The minimum atomic E-state index is -3.72. The Morgan fingerprint density at radius 2 is 1.75 bits per heavy atom. The first-order valence-electron chi connectivity index (χ1n) is 10.3. The molecule has 3 rings (SSSR count). The fourth-order valence-corrected chi connectivity index (χ4v) is 4.96. The molecular formula is C23H27N3O5S. The highest BCUT2D eigenvalue weighted by molar-refractivity contribution is 7.89. The van der Waals surface area contributed by atoms with Crippen molar-refractivity contribution in [1.82, 2.24) is 8.87 Å². The number of esters is 1. The fraction of sp³-hybridized carbons (Fsp3) is 0.304. The molecule has 0 radical (unpaired) electrons. The molecule has 2 aromatic carbocycles. The fourth-order valence-electron chi connectivity index (χ4n) is 3.43. The van der Waals surface area contributed by atoms with Crippen molar-refractivity contribution in [2.24, 2.45) is 7.05 Å². The molecule has 1 N–H and O–H groups in total. The van der Waals surface area contributed by atoms with Crippen LogP contribution in [-0.2, 0) is 26.6 Å². The molecule has 32 heavy (non-hydrogen) atoms. The summed E-state index contributed by atoms with van der Waals surface area (Å²) in [5.74, 6) is -1.27. The van der Waals surface area contributed by atoms with E-state index in [0.29, 0.717) is 18.8 Å². The lowest BCUT2D eigenvalue weighted by Crippen LogP contribution is -2.30. The molecule has 0 bridgehead atoms. The third-order valence-corrected chi connectivity index (χ3v) is 7.25. The number of anilines is 1. The lowest BCUT2D eigenvalue weighted by Gasteiger charge is -2.17. The number of ether oxygens (including phenoxy) is 1. The van der Waals surface area contributed by atoms with Gasteiger partial charge < -0.3 is 14.6 Å². The highest BCUT2D eigenvalue weighted by atomic mass is 32.2. The number of nitrogens with one attached hydrogen (secondary N) is 1. The van der Waals surface area contributed by atoms with Crippen LogP contribution in [0.15, 0.2) is 59.6 Å². The van der Waals surface area contributed by atoms with Gasteiger partial charge in [0.15, 0.2) is 6.10 Å². The average Bonchev–Trinajstić information content (AvgIpc) is 3.17. The minimum Gasteiger partial charge on any atom is -0.448 e. The number of aromatic nitrogens is 1. The molecule has 3 aromatic rings. The molecule has 0 aliphatic heterocycles. The number of hydrogen-bond donors (Lipinski definition) is 1. The molecule has 0 spiro atoms. The normalized spacial score (nSPS) is 12.7. The van der Waals surface area contributed by atoms with Crippen molar-refractivity contribution in [3.63, 3.8) is 0 Å². The van der Waals surface area contributed by atoms with Crippen LogP contribution in [0.3, 0.4) is 0 Å². The molecular weight excluding hydrogens is 430 g/mol. The summed E-state index contributed by atoms with van der Waals surface area (Å²) in [6.07, 6.45) is 0.282. The summed E-state index contributed by atoms with van der Waals surface area (Å²) in [5, 5.41) is 4.63. The Morgan fingerprint density at radius 3 is 2.44 bits per heavy atom. The summed E-state index contributed by atoms with van der Waals surface area (Å²) in [7, 11) is -2.16. The lowest BCUT2D eigenvalue weighted by atomic mass is 10.1. The molecule has 1 amide bonds. The van der Waals surface area contributed by atoms with Gasteiger partial charge in [-0.25, -0.2) is 13.2 Å². The molecule has 1 aromatic heterocycles. The number of sulfonamides is 1. The quantitative estimate of drug-likeness (QED) is 0.523. The van der Waals surface area contributed by atoms with Crippen molar-refractivity contribution in [2.75, 3.05) is 18.4 Å². The second kappa shape index (κ2) is 9.54. The van der Waals surface area contributed by atoms with Gasteiger partial charge in [0.2, 0.25) is 10.0 Å². The van der Waals surface area contributed by atoms with E-state index in [2.05, 4.69) is 5.32 Å². The van der Waals surface area contributed by atoms with E-state index in [1.165, 1.54) is 28.1 Å². The van der Waals surface area contributed by atoms with E-state index in [0.717, 1.165) is 10.8 Å². The van der Waals surface area contributed by atoms with Crippen molar-refractivity contribution in [1.29, 1.82) is 0 Å². The SMILES string of the molecule is CCN(CC)S(=O)(=O)c1cc(C(=O)OC(C)C(=O)Nc2cccc3ccccc23)n(C)c1. The second-order valence-electron chi connectivity index (χ2n) is 7.32. The summed E-state index contributed by atoms with van der Waals surface area (Å²) < 4.78 is 33.4. The highest BCUT2D eigenvalue weighted by Crippen LogP contribution is 2.23. The van der Waals surface area contributed by atoms with Crippen LogP contribution in [0, 0.1) is 0 Å². The van der Waals surface area contributed by atoms with Crippen LogP contribution >= 0.6 is 0 Å². The number of amides is 1. The maximum atomic E-state index is 12.7. The Kier molecular flexibility index (Phi) is 7.00. The second-order valence-corrected chi connectivity index (χ2v) is 9.26. The van der Waals surface area contributed by atoms with Gasteiger partial charge in [0.25, 0.3) is 5.91 Å². The van der Waals surface area contributed by atoms with Gasteiger partial charge >= 0.3 is 5.97 Å². The molecule has 9 heteroatoms. The van der Waals surface area contributed by atoms with E-state index in [1.807, 2.05) is 36.4 Å². The number of rotatable bonds is 8. The molecule has 1 atom stereocenters. The van der Waals surface area contributed by atoms with Crippen LogP contribution in [0.4, 0.5) is 5.69 Å². The maximum absolute atomic E-state index is 12.7. The molecule has 1 unspecified atom stereocenters. The number of carbonyl (C=O) groups excluding carboxylic acids is 2. The zero-order valence-electron chi connectivity index (χ0n) is 18.5. The number of aryl methyl sites for hydroxylation is 1. The van der Waals surface area contributed by atoms with Gasteiger partial charge in [-0.3, -0.25) is 4.79 Å². The number of nitrogens with zero attached hydrogens (tertiary/aromatic N) is 2. The van der Waals surface area contributed by atoms with Gasteiger partial charge in [0.1, 0.15) is 10.6 Å².